The molecule has 2 atom stereocenters. The van der Waals surface area contributed by atoms with E-state index in [-0.39, 0.29) is 16.7 Å². The van der Waals surface area contributed by atoms with E-state index in [0.29, 0.717) is 28.4 Å². The largest absolute Gasteiger partial charge is 0.510 e. The first-order chi connectivity index (χ1) is 20.7. The molecule has 0 amide bonds. The highest BCUT2D eigenvalue weighted by Crippen LogP contribution is 2.64. The Bertz CT molecular complexity index is 1730. The van der Waals surface area contributed by atoms with Crippen LogP contribution in [-0.2, 0) is 37.3 Å². The van der Waals surface area contributed by atoms with Crippen molar-refractivity contribution in [2.75, 3.05) is 0 Å². The third-order valence-corrected chi connectivity index (χ3v) is 8.76. The molecule has 4 aromatic rings. The zero-order chi connectivity index (χ0) is 32.2. The van der Waals surface area contributed by atoms with E-state index in [0.717, 1.165) is 18.6 Å². The van der Waals surface area contributed by atoms with Gasteiger partial charge < -0.3 is 14.4 Å². The molecule has 0 aliphatic rings. The number of ether oxygens (including phenoxy) is 2. The predicted octanol–water partition coefficient (Wildman–Crippen LogP) is 7.99. The summed E-state index contributed by atoms with van der Waals surface area (Å²) >= 11 is 9.15. The monoisotopic (exact) mass is 712 g/mol. The molecule has 2 unspecified atom stereocenters. The molecule has 0 fully saturated rings. The van der Waals surface area contributed by atoms with Crippen molar-refractivity contribution in [2.24, 2.45) is 0 Å². The van der Waals surface area contributed by atoms with Crippen LogP contribution >= 0.6 is 35.1 Å². The Balaban J connectivity index is 1.62. The van der Waals surface area contributed by atoms with E-state index < -0.39 is 37.4 Å². The molecule has 4 rings (SSSR count). The van der Waals surface area contributed by atoms with Crippen LogP contribution in [0, 0.1) is 0 Å². The van der Waals surface area contributed by atoms with E-state index in [2.05, 4.69) is 25.2 Å². The minimum atomic E-state index is -5.73. The molecule has 1 aromatic heterocycles. The Morgan fingerprint density at radius 3 is 2.27 bits per heavy atom. The van der Waals surface area contributed by atoms with Crippen molar-refractivity contribution in [3.63, 3.8) is 0 Å². The normalized spacial score (nSPS) is 13.8. The maximum Gasteiger partial charge on any atom is 0.510 e. The highest BCUT2D eigenvalue weighted by atomic mass is 79.9. The summed E-state index contributed by atoms with van der Waals surface area (Å²) in [6.07, 6.45) is -1.89. The molecule has 234 valence electrons. The van der Waals surface area contributed by atoms with Gasteiger partial charge in [0.15, 0.2) is 0 Å². The fraction of sp³-hybridized carbons (Fsp3) is 0.267. The Labute approximate surface area is 265 Å². The molecule has 14 heteroatoms. The highest BCUT2D eigenvalue weighted by molar-refractivity contribution is 9.10. The quantitative estimate of drug-likeness (QED) is 0.0954. The molecule has 0 aliphatic carbocycles. The van der Waals surface area contributed by atoms with Crippen LogP contribution < -0.4 is 5.69 Å². The molecule has 0 saturated carbocycles. The van der Waals surface area contributed by atoms with Gasteiger partial charge in [-0.25, -0.2) is 9.59 Å². The number of carbonyl (C=O) groups is 1. The van der Waals surface area contributed by atoms with E-state index in [1.54, 1.807) is 35.0 Å². The third-order valence-electron chi connectivity index (χ3n) is 6.32. The molecule has 0 spiro atoms. The summed E-state index contributed by atoms with van der Waals surface area (Å²) in [5, 5.41) is 0.522. The van der Waals surface area contributed by atoms with Crippen molar-refractivity contribution in [1.82, 2.24) is 9.13 Å². The second kappa shape index (κ2) is 13.8. The molecule has 1 heterocycles. The Kier molecular flexibility index (Phi) is 10.5. The van der Waals surface area contributed by atoms with Crippen LogP contribution in [0.4, 0.5) is 13.6 Å². The summed E-state index contributed by atoms with van der Waals surface area (Å²) in [6, 6.07) is 20.0. The second-order valence-electron chi connectivity index (χ2n) is 10.1. The predicted molar refractivity (Wildman–Crippen MR) is 165 cm³/mol. The smallest absolute Gasteiger partial charge is 0.432 e. The second-order valence-corrected chi connectivity index (χ2v) is 13.2. The van der Waals surface area contributed by atoms with Crippen LogP contribution in [0.25, 0.3) is 11.3 Å². The van der Waals surface area contributed by atoms with Gasteiger partial charge in [0.25, 0.3) is 0 Å². The maximum absolute atomic E-state index is 15.3. The van der Waals surface area contributed by atoms with Gasteiger partial charge in [0.1, 0.15) is 0 Å². The van der Waals surface area contributed by atoms with E-state index in [1.165, 1.54) is 30.5 Å². The number of imidazole rings is 1. The lowest BCUT2D eigenvalue weighted by Crippen LogP contribution is -2.26. The van der Waals surface area contributed by atoms with Crippen LogP contribution in [0.5, 0.6) is 0 Å². The number of nitrogens with zero attached hydrogens (tertiary/aromatic N) is 2. The van der Waals surface area contributed by atoms with Crippen molar-refractivity contribution in [3.8, 4) is 11.3 Å². The summed E-state index contributed by atoms with van der Waals surface area (Å²) in [5.74, 6) is 0. The van der Waals surface area contributed by atoms with Gasteiger partial charge in [-0.1, -0.05) is 82.1 Å². The molecule has 0 aliphatic heterocycles. The lowest BCUT2D eigenvalue weighted by Gasteiger charge is -2.26. The van der Waals surface area contributed by atoms with Crippen LogP contribution in [0.2, 0.25) is 5.02 Å². The van der Waals surface area contributed by atoms with E-state index in [4.69, 9.17) is 16.3 Å². The fourth-order valence-corrected chi connectivity index (χ4v) is 6.34. The number of aromatic nitrogens is 2. The maximum atomic E-state index is 15.3. The summed E-state index contributed by atoms with van der Waals surface area (Å²) in [4.78, 5) is 35.4. The van der Waals surface area contributed by atoms with Crippen LogP contribution in [0.15, 0.2) is 88.3 Å². The Morgan fingerprint density at radius 1 is 1.00 bits per heavy atom. The van der Waals surface area contributed by atoms with Gasteiger partial charge >= 0.3 is 25.1 Å². The highest BCUT2D eigenvalue weighted by Gasteiger charge is 2.55. The first-order valence-electron chi connectivity index (χ1n) is 13.3. The average molecular weight is 714 g/mol. The first-order valence-corrected chi connectivity index (χ1v) is 16.1. The van der Waals surface area contributed by atoms with Gasteiger partial charge in [-0.2, -0.15) is 8.78 Å². The summed E-state index contributed by atoms with van der Waals surface area (Å²) < 4.78 is 60.2. The van der Waals surface area contributed by atoms with Crippen molar-refractivity contribution < 1.29 is 37.0 Å². The number of hydrogen-bond acceptors (Lipinski definition) is 6. The van der Waals surface area contributed by atoms with E-state index in [9.17, 15) is 19.0 Å². The third kappa shape index (κ3) is 7.86. The average Bonchev–Trinajstić information content (AvgIpc) is 3.23. The van der Waals surface area contributed by atoms with E-state index >= 15 is 8.78 Å². The molecule has 0 saturated heterocycles. The molecule has 44 heavy (non-hydrogen) atoms. The number of carbonyl (C=O) groups excluding carboxylic acids is 1. The number of alkyl halides is 2. The minimum Gasteiger partial charge on any atom is -0.432 e. The molecule has 1 N–H and O–H groups in total. The van der Waals surface area contributed by atoms with Crippen LogP contribution in [0.1, 0.15) is 37.5 Å². The van der Waals surface area contributed by atoms with Gasteiger partial charge in [-0.15, -0.1) is 0 Å². The first kappa shape index (κ1) is 33.6. The molecule has 0 radical (unpaired) electrons. The standard InChI is InChI=1S/C30H29BrClF2N2O7P/c1-19(2)41-29(38)42-20(3)43-44(39,40)30(33,34)25-14-9-22(15-26(25)31)17-36-27(23-10-12-24(32)13-11-23)18-35(28(36)37)16-21-7-5-4-6-8-21/h4-15,18-20H,16-17H2,1-3H3,(H,39,40). The van der Waals surface area contributed by atoms with Gasteiger partial charge in [0.05, 0.1) is 24.9 Å². The lowest BCUT2D eigenvalue weighted by atomic mass is 10.1. The number of rotatable bonds is 11. The number of halogens is 4. The van der Waals surface area contributed by atoms with Crippen molar-refractivity contribution in [2.45, 2.75) is 51.9 Å². The molecule has 3 aromatic carbocycles. The van der Waals surface area contributed by atoms with Gasteiger partial charge in [0.2, 0.25) is 6.29 Å². The van der Waals surface area contributed by atoms with Gasteiger partial charge in [-0.05, 0) is 55.7 Å². The van der Waals surface area contributed by atoms with Crippen LogP contribution in [-0.4, -0.2) is 32.6 Å². The lowest BCUT2D eigenvalue weighted by molar-refractivity contribution is -0.0766. The zero-order valence-corrected chi connectivity index (χ0v) is 27.1. The molecule has 9 nitrogen and oxygen atoms in total. The topological polar surface area (TPSA) is 109 Å². The Morgan fingerprint density at radius 2 is 1.66 bits per heavy atom. The van der Waals surface area contributed by atoms with Crippen LogP contribution in [0.3, 0.4) is 0 Å². The van der Waals surface area contributed by atoms with Crippen molar-refractivity contribution in [3.05, 3.63) is 116 Å². The number of hydrogen-bond donors (Lipinski definition) is 1. The molecule has 0 bridgehead atoms. The molecular formula is C30H29BrClF2N2O7P. The summed E-state index contributed by atoms with van der Waals surface area (Å²) in [6.45, 7) is 4.39. The van der Waals surface area contributed by atoms with Crippen molar-refractivity contribution in [1.29, 1.82) is 0 Å². The minimum absolute atomic E-state index is 0.000837. The van der Waals surface area contributed by atoms with Gasteiger partial charge in [-0.3, -0.25) is 18.2 Å². The zero-order valence-electron chi connectivity index (χ0n) is 23.8. The van der Waals surface area contributed by atoms with Gasteiger partial charge in [0, 0.05) is 21.3 Å². The molecular weight excluding hydrogens is 685 g/mol. The summed E-state index contributed by atoms with van der Waals surface area (Å²) in [5.41, 5.74) is -2.91. The fourth-order valence-electron chi connectivity index (χ4n) is 4.31. The SMILES string of the molecule is CC(C)OC(=O)OC(C)OP(=O)(O)C(F)(F)c1ccc(Cn2c(-c3ccc(Cl)cc3)cn(Cc3ccccc3)c2=O)cc1Br. The number of benzene rings is 3. The van der Waals surface area contributed by atoms with Crippen molar-refractivity contribution >= 4 is 41.3 Å². The summed E-state index contributed by atoms with van der Waals surface area (Å²) in [7, 11) is -5.73. The van der Waals surface area contributed by atoms with E-state index in [1.807, 2.05) is 30.3 Å². The Hall–Kier alpha value is -3.28.